The number of benzene rings is 1. The van der Waals surface area contributed by atoms with Crippen LogP contribution in [0.1, 0.15) is 4.88 Å². The third kappa shape index (κ3) is 6.02. The largest absolute Gasteiger partial charge is 0.485 e. The van der Waals surface area contributed by atoms with E-state index in [-0.39, 0.29) is 0 Å². The van der Waals surface area contributed by atoms with E-state index in [1.165, 1.54) is 11.9 Å². The van der Waals surface area contributed by atoms with Crippen LogP contribution in [0.5, 0.6) is 5.75 Å². The normalized spacial score (nSPS) is 9.50. The molecule has 1 amide bonds. The van der Waals surface area contributed by atoms with Crippen molar-refractivity contribution in [3.8, 4) is 5.75 Å². The molecule has 4 N–H and O–H groups in total. The highest BCUT2D eigenvalue weighted by molar-refractivity contribution is 9.10. The zero-order valence-corrected chi connectivity index (χ0v) is 14.8. The Balaban J connectivity index is 0.000000422. The molecule has 1 heterocycles. The van der Waals surface area contributed by atoms with Gasteiger partial charge in [-0.05, 0) is 39.5 Å². The van der Waals surface area contributed by atoms with E-state index in [1.54, 1.807) is 23.4 Å². The minimum absolute atomic E-state index is 0.528. The summed E-state index contributed by atoms with van der Waals surface area (Å²) in [6.45, 7) is 0.557. The predicted octanol–water partition coefficient (Wildman–Crippen LogP) is 2.35. The number of ether oxygens (including phenoxy) is 1. The zero-order valence-electron chi connectivity index (χ0n) is 12.4. The lowest BCUT2D eigenvalue weighted by molar-refractivity contribution is -0.117. The molecule has 22 heavy (non-hydrogen) atoms. The highest BCUT2D eigenvalue weighted by Gasteiger charge is 2.10. The number of para-hydroxylation sites is 1. The molecule has 0 aliphatic heterocycles. The van der Waals surface area contributed by atoms with Gasteiger partial charge in [0.25, 0.3) is 0 Å². The fraction of sp³-hybridized carbons (Fsp3) is 0.214. The first kappa shape index (κ1) is 18.4. The Morgan fingerprint density at radius 1 is 1.27 bits per heavy atom. The Morgan fingerprint density at radius 2 is 1.95 bits per heavy atom. The van der Waals surface area contributed by atoms with Gasteiger partial charge in [-0.3, -0.25) is 9.80 Å². The van der Waals surface area contributed by atoms with Crippen LogP contribution in [0.15, 0.2) is 40.2 Å². The topological polar surface area (TPSA) is 84.8 Å². The standard InChI is InChI=1S/C12H13BrN2OS.C2H6N2O/c1-15(14)11-6-2-5-10(13)12(11)16-8-9-4-3-7-17-9;1-4(3)2-5/h2-7H,8,14H2,1H3;2H,3H2,1H3. The first-order valence-electron chi connectivity index (χ1n) is 6.30. The molecule has 120 valence electrons. The van der Waals surface area contributed by atoms with Crippen LogP contribution in [-0.2, 0) is 11.4 Å². The first-order valence-corrected chi connectivity index (χ1v) is 7.98. The molecule has 0 bridgehead atoms. The van der Waals surface area contributed by atoms with Gasteiger partial charge in [-0.2, -0.15) is 0 Å². The van der Waals surface area contributed by atoms with E-state index in [1.807, 2.05) is 35.7 Å². The van der Waals surface area contributed by atoms with Crippen molar-refractivity contribution >= 4 is 39.4 Å². The lowest BCUT2D eigenvalue weighted by atomic mass is 10.3. The maximum Gasteiger partial charge on any atom is 0.223 e. The minimum Gasteiger partial charge on any atom is -0.485 e. The second kappa shape index (κ2) is 9.42. The molecule has 0 saturated heterocycles. The van der Waals surface area contributed by atoms with Gasteiger partial charge in [0.2, 0.25) is 6.41 Å². The van der Waals surface area contributed by atoms with Crippen LogP contribution in [0.25, 0.3) is 0 Å². The van der Waals surface area contributed by atoms with E-state index >= 15 is 0 Å². The van der Waals surface area contributed by atoms with Crippen molar-refractivity contribution in [3.63, 3.8) is 0 Å². The molecule has 0 unspecified atom stereocenters. The summed E-state index contributed by atoms with van der Waals surface area (Å²) in [7, 11) is 3.26. The van der Waals surface area contributed by atoms with Gasteiger partial charge in [0.1, 0.15) is 6.61 Å². The lowest BCUT2D eigenvalue weighted by Gasteiger charge is -2.18. The van der Waals surface area contributed by atoms with Crippen LogP contribution in [0.3, 0.4) is 0 Å². The molecule has 0 aliphatic carbocycles. The molecule has 1 aromatic heterocycles. The summed E-state index contributed by atoms with van der Waals surface area (Å²) in [5.74, 6) is 11.3. The van der Waals surface area contributed by atoms with Gasteiger partial charge >= 0.3 is 0 Å². The van der Waals surface area contributed by atoms with Crippen LogP contribution in [0.2, 0.25) is 0 Å². The lowest BCUT2D eigenvalue weighted by Crippen LogP contribution is -2.25. The monoisotopic (exact) mass is 386 g/mol. The van der Waals surface area contributed by atoms with Gasteiger partial charge in [0.15, 0.2) is 5.75 Å². The van der Waals surface area contributed by atoms with Crippen LogP contribution in [-0.4, -0.2) is 25.5 Å². The molecule has 0 fully saturated rings. The molecule has 8 heteroatoms. The molecule has 0 radical (unpaired) electrons. The van der Waals surface area contributed by atoms with Crippen molar-refractivity contribution in [3.05, 3.63) is 45.1 Å². The third-order valence-electron chi connectivity index (χ3n) is 2.43. The van der Waals surface area contributed by atoms with Crippen molar-refractivity contribution in [1.82, 2.24) is 5.01 Å². The maximum absolute atomic E-state index is 9.31. The Hall–Kier alpha value is -1.61. The summed E-state index contributed by atoms with van der Waals surface area (Å²) < 4.78 is 6.72. The van der Waals surface area contributed by atoms with Crippen molar-refractivity contribution in [1.29, 1.82) is 0 Å². The maximum atomic E-state index is 9.31. The molecule has 0 aliphatic rings. The van der Waals surface area contributed by atoms with Crippen LogP contribution < -0.4 is 21.4 Å². The average molecular weight is 387 g/mol. The number of nitrogens with two attached hydrogens (primary N) is 2. The molecule has 2 aromatic rings. The Labute approximate surface area is 142 Å². The molecule has 0 saturated carbocycles. The zero-order chi connectivity index (χ0) is 16.5. The van der Waals surface area contributed by atoms with E-state index < -0.39 is 0 Å². The van der Waals surface area contributed by atoms with Crippen LogP contribution in [0, 0.1) is 0 Å². The van der Waals surface area contributed by atoms with Gasteiger partial charge in [-0.1, -0.05) is 12.1 Å². The number of hydrazine groups is 2. The highest BCUT2D eigenvalue weighted by Crippen LogP contribution is 2.35. The number of nitrogens with zero attached hydrogens (tertiary/aromatic N) is 2. The number of hydrogen-bond donors (Lipinski definition) is 2. The Kier molecular flexibility index (Phi) is 7.89. The highest BCUT2D eigenvalue weighted by atomic mass is 79.9. The molecule has 6 nitrogen and oxygen atoms in total. The number of carbonyl (C=O) groups excluding carboxylic acids is 1. The van der Waals surface area contributed by atoms with Gasteiger partial charge in [-0.15, -0.1) is 11.3 Å². The van der Waals surface area contributed by atoms with Crippen molar-refractivity contribution in [2.45, 2.75) is 6.61 Å². The molecule has 0 atom stereocenters. The predicted molar refractivity (Wildman–Crippen MR) is 93.4 cm³/mol. The van der Waals surface area contributed by atoms with Crippen molar-refractivity contribution in [2.24, 2.45) is 11.7 Å². The molecule has 0 spiro atoms. The SMILES string of the molecule is CN(N)C=O.CN(N)c1cccc(Br)c1OCc1cccs1. The van der Waals surface area contributed by atoms with Gasteiger partial charge in [0.05, 0.1) is 10.2 Å². The summed E-state index contributed by atoms with van der Waals surface area (Å²) in [6.07, 6.45) is 0.528. The number of rotatable bonds is 5. The number of carbonyl (C=O) groups is 1. The fourth-order valence-corrected chi connectivity index (χ4v) is 2.54. The molecular weight excluding hydrogens is 368 g/mol. The summed E-state index contributed by atoms with van der Waals surface area (Å²) in [5.41, 5.74) is 0.857. The average Bonchev–Trinajstić information content (AvgIpc) is 2.99. The van der Waals surface area contributed by atoms with Gasteiger partial charge in [-0.25, -0.2) is 11.7 Å². The number of hydrogen-bond acceptors (Lipinski definition) is 6. The molecular formula is C14H19BrN4O2S. The quantitative estimate of drug-likeness (QED) is 0.356. The van der Waals surface area contributed by atoms with E-state index in [4.69, 9.17) is 16.4 Å². The van der Waals surface area contributed by atoms with Gasteiger partial charge < -0.3 is 9.75 Å². The van der Waals surface area contributed by atoms with Gasteiger partial charge in [0, 0.05) is 19.0 Å². The van der Waals surface area contributed by atoms with E-state index in [0.29, 0.717) is 13.0 Å². The number of anilines is 1. The number of amides is 1. The molecule has 1 aromatic carbocycles. The first-order chi connectivity index (χ1) is 10.5. The fourth-order valence-electron chi connectivity index (χ4n) is 1.46. The van der Waals surface area contributed by atoms with E-state index in [2.05, 4.69) is 15.9 Å². The number of thiophene rings is 1. The smallest absolute Gasteiger partial charge is 0.223 e. The van der Waals surface area contributed by atoms with Crippen LogP contribution >= 0.6 is 27.3 Å². The second-order valence-electron chi connectivity index (χ2n) is 4.34. The number of halogens is 1. The Morgan fingerprint density at radius 3 is 2.45 bits per heavy atom. The second-order valence-corrected chi connectivity index (χ2v) is 6.22. The molecule has 2 rings (SSSR count). The van der Waals surface area contributed by atoms with Crippen molar-refractivity contribution in [2.75, 3.05) is 19.1 Å². The van der Waals surface area contributed by atoms with E-state index in [9.17, 15) is 4.79 Å². The summed E-state index contributed by atoms with van der Waals surface area (Å²) in [6, 6.07) is 9.86. The van der Waals surface area contributed by atoms with Crippen molar-refractivity contribution < 1.29 is 9.53 Å². The summed E-state index contributed by atoms with van der Waals surface area (Å²) in [4.78, 5) is 10.5. The Bertz CT molecular complexity index is 576. The van der Waals surface area contributed by atoms with E-state index in [0.717, 1.165) is 20.9 Å². The summed E-state index contributed by atoms with van der Waals surface area (Å²) in [5, 5.41) is 4.53. The summed E-state index contributed by atoms with van der Waals surface area (Å²) >= 11 is 5.15. The minimum atomic E-state index is 0.528. The third-order valence-corrected chi connectivity index (χ3v) is 3.91. The van der Waals surface area contributed by atoms with Crippen LogP contribution in [0.4, 0.5) is 5.69 Å².